The van der Waals surface area contributed by atoms with E-state index in [1.54, 1.807) is 45.0 Å². The van der Waals surface area contributed by atoms with Crippen LogP contribution in [0.5, 0.6) is 0 Å². The molecule has 1 fully saturated rings. The summed E-state index contributed by atoms with van der Waals surface area (Å²) in [6.45, 7) is 8.18. The Kier molecular flexibility index (Phi) is 14.7. The normalized spacial score (nSPS) is 21.3. The van der Waals surface area contributed by atoms with E-state index < -0.39 is 97.1 Å². The highest BCUT2D eigenvalue weighted by Gasteiger charge is 2.52. The van der Waals surface area contributed by atoms with Crippen LogP contribution in [0.15, 0.2) is 30.3 Å². The maximum atomic E-state index is 12.9. The number of amides is 2. The van der Waals surface area contributed by atoms with Crippen LogP contribution in [0.2, 0.25) is 0 Å². The zero-order chi connectivity index (χ0) is 35.3. The maximum Gasteiger partial charge on any atom is 0.329 e. The topological polar surface area (TPSA) is 211 Å². The molecule has 0 bridgehead atoms. The molecule has 0 saturated carbocycles. The molecular weight excluding hydrogens is 622 g/mol. The molecule has 0 spiro atoms. The molecule has 0 radical (unpaired) electrons. The molecule has 2 rings (SSSR count). The van der Waals surface area contributed by atoms with Gasteiger partial charge in [-0.05, 0) is 26.3 Å². The molecule has 1 saturated heterocycles. The molecule has 1 aliphatic rings. The van der Waals surface area contributed by atoms with Crippen molar-refractivity contribution in [3.63, 3.8) is 0 Å². The van der Waals surface area contributed by atoms with Crippen LogP contribution in [0.3, 0.4) is 0 Å². The van der Waals surface area contributed by atoms with Crippen LogP contribution in [-0.2, 0) is 68.4 Å². The monoisotopic (exact) mass is 665 g/mol. The Labute approximate surface area is 272 Å². The third-order valence-electron chi connectivity index (χ3n) is 6.17. The van der Waals surface area contributed by atoms with Gasteiger partial charge in [-0.2, -0.15) is 0 Å². The second kappa shape index (κ2) is 17.9. The number of hydrogen-bond donors (Lipinski definition) is 3. The second-order valence-corrected chi connectivity index (χ2v) is 11.6. The zero-order valence-corrected chi connectivity index (χ0v) is 27.5. The van der Waals surface area contributed by atoms with Gasteiger partial charge in [0.25, 0.3) is 0 Å². The standard InChI is InChI=1S/C31H43N3O13/c1-17(35)42-16-23-26(43-18(2)36)27(44-19(3)37)28(45-20(4)38)29(46-23)34-25(40)15-32-14-24(39)33-22(30(41)47-31(5,6)7)13-21-11-9-8-10-12-21/h8-12,22-23,26-29,32H,13-16H2,1-7H3,(H,33,39)(H,34,40)/t22-,23+,26+,27-,28+,29+/m0/s1. The average Bonchev–Trinajstić information content (AvgIpc) is 2.93. The summed E-state index contributed by atoms with van der Waals surface area (Å²) >= 11 is 0. The fraction of sp³-hybridized carbons (Fsp3) is 0.581. The fourth-order valence-corrected chi connectivity index (χ4v) is 4.51. The molecule has 2 amide bonds. The smallest absolute Gasteiger partial charge is 0.329 e. The van der Waals surface area contributed by atoms with Crippen molar-refractivity contribution in [1.29, 1.82) is 0 Å². The fourth-order valence-electron chi connectivity index (χ4n) is 4.51. The molecule has 47 heavy (non-hydrogen) atoms. The highest BCUT2D eigenvalue weighted by Crippen LogP contribution is 2.28. The minimum Gasteiger partial charge on any atom is -0.463 e. The molecule has 16 heteroatoms. The number of esters is 5. The minimum absolute atomic E-state index is 0.172. The summed E-state index contributed by atoms with van der Waals surface area (Å²) < 4.78 is 32.3. The summed E-state index contributed by atoms with van der Waals surface area (Å²) in [6, 6.07) is 8.03. The largest absolute Gasteiger partial charge is 0.463 e. The van der Waals surface area contributed by atoms with E-state index in [1.165, 1.54) is 0 Å². The quantitative estimate of drug-likeness (QED) is 0.174. The first-order valence-corrected chi connectivity index (χ1v) is 14.8. The lowest BCUT2D eigenvalue weighted by molar-refractivity contribution is -0.256. The van der Waals surface area contributed by atoms with Gasteiger partial charge in [0.1, 0.15) is 24.4 Å². The third-order valence-corrected chi connectivity index (χ3v) is 6.17. The van der Waals surface area contributed by atoms with E-state index in [4.69, 9.17) is 28.4 Å². The van der Waals surface area contributed by atoms with Crippen molar-refractivity contribution in [2.75, 3.05) is 19.7 Å². The minimum atomic E-state index is -1.49. The first-order chi connectivity index (χ1) is 21.9. The highest BCUT2D eigenvalue weighted by molar-refractivity contribution is 5.86. The van der Waals surface area contributed by atoms with E-state index in [0.717, 1.165) is 33.3 Å². The molecular formula is C31H43N3O13. The van der Waals surface area contributed by atoms with Gasteiger partial charge in [-0.1, -0.05) is 30.3 Å². The van der Waals surface area contributed by atoms with Gasteiger partial charge in [0.15, 0.2) is 24.5 Å². The lowest BCUT2D eigenvalue weighted by Gasteiger charge is -2.44. The first-order valence-electron chi connectivity index (χ1n) is 14.8. The van der Waals surface area contributed by atoms with Crippen molar-refractivity contribution >= 4 is 41.7 Å². The van der Waals surface area contributed by atoms with Crippen molar-refractivity contribution in [2.24, 2.45) is 0 Å². The average molecular weight is 666 g/mol. The predicted octanol–water partition coefficient (Wildman–Crippen LogP) is -0.155. The van der Waals surface area contributed by atoms with E-state index in [2.05, 4.69) is 16.0 Å². The van der Waals surface area contributed by atoms with Crippen LogP contribution >= 0.6 is 0 Å². The molecule has 1 aromatic rings. The van der Waals surface area contributed by atoms with Crippen molar-refractivity contribution < 1.29 is 62.0 Å². The number of carbonyl (C=O) groups is 7. The molecule has 0 unspecified atom stereocenters. The number of benzene rings is 1. The lowest BCUT2D eigenvalue weighted by Crippen LogP contribution is -2.66. The summed E-state index contributed by atoms with van der Waals surface area (Å²) in [4.78, 5) is 85.9. The SMILES string of the molecule is CC(=O)OC[C@H]1O[C@@H](NC(=O)CNCC(=O)N[C@@H](Cc2ccccc2)C(=O)OC(C)(C)C)[C@H](OC(C)=O)[C@@H](OC(C)=O)[C@@H]1OC(C)=O. The van der Waals surface area contributed by atoms with Crippen LogP contribution in [0.25, 0.3) is 0 Å². The van der Waals surface area contributed by atoms with Gasteiger partial charge in [0.05, 0.1) is 13.1 Å². The van der Waals surface area contributed by atoms with Gasteiger partial charge in [0.2, 0.25) is 11.8 Å². The molecule has 3 N–H and O–H groups in total. The summed E-state index contributed by atoms with van der Waals surface area (Å²) in [7, 11) is 0. The second-order valence-electron chi connectivity index (χ2n) is 11.6. The van der Waals surface area contributed by atoms with E-state index in [9.17, 15) is 33.6 Å². The van der Waals surface area contributed by atoms with Crippen molar-refractivity contribution in [3.8, 4) is 0 Å². The summed E-state index contributed by atoms with van der Waals surface area (Å²) in [5, 5.41) is 7.76. The molecule has 1 aliphatic heterocycles. The zero-order valence-electron chi connectivity index (χ0n) is 27.5. The molecule has 0 aliphatic carbocycles. The van der Waals surface area contributed by atoms with Gasteiger partial charge in [-0.25, -0.2) is 4.79 Å². The summed E-state index contributed by atoms with van der Waals surface area (Å²) in [5.74, 6) is -5.12. The van der Waals surface area contributed by atoms with Gasteiger partial charge >= 0.3 is 29.8 Å². The van der Waals surface area contributed by atoms with Gasteiger partial charge < -0.3 is 39.1 Å². The van der Waals surface area contributed by atoms with Crippen LogP contribution in [-0.4, -0.2) is 104 Å². The first kappa shape index (κ1) is 38.6. The van der Waals surface area contributed by atoms with Gasteiger partial charge in [-0.15, -0.1) is 0 Å². The van der Waals surface area contributed by atoms with Crippen molar-refractivity contribution in [3.05, 3.63) is 35.9 Å². The Bertz CT molecular complexity index is 1280. The number of carbonyl (C=O) groups excluding carboxylic acids is 7. The molecule has 1 heterocycles. The molecule has 260 valence electrons. The molecule has 0 aromatic heterocycles. The lowest BCUT2D eigenvalue weighted by atomic mass is 9.97. The summed E-state index contributed by atoms with van der Waals surface area (Å²) in [6.07, 6.45) is -6.89. The van der Waals surface area contributed by atoms with E-state index in [0.29, 0.717) is 0 Å². The number of rotatable bonds is 14. The molecule has 1 aromatic carbocycles. The highest BCUT2D eigenvalue weighted by atomic mass is 16.7. The Hall–Kier alpha value is -4.57. The number of ether oxygens (including phenoxy) is 6. The van der Waals surface area contributed by atoms with Gasteiger partial charge in [0, 0.05) is 34.1 Å². The Morgan fingerprint density at radius 1 is 0.766 bits per heavy atom. The Morgan fingerprint density at radius 2 is 1.32 bits per heavy atom. The maximum absolute atomic E-state index is 12.9. The summed E-state index contributed by atoms with van der Waals surface area (Å²) in [5.41, 5.74) is 0.00286. The van der Waals surface area contributed by atoms with Gasteiger partial charge in [-0.3, -0.25) is 34.1 Å². The number of nitrogens with one attached hydrogen (secondary N) is 3. The third kappa shape index (κ3) is 14.2. The van der Waals surface area contributed by atoms with Crippen LogP contribution in [0, 0.1) is 0 Å². The van der Waals surface area contributed by atoms with Crippen molar-refractivity contribution in [1.82, 2.24) is 16.0 Å². The molecule has 16 nitrogen and oxygen atoms in total. The van der Waals surface area contributed by atoms with Crippen LogP contribution in [0.4, 0.5) is 0 Å². The molecule has 6 atom stereocenters. The Balaban J connectivity index is 2.13. The Morgan fingerprint density at radius 3 is 1.87 bits per heavy atom. The predicted molar refractivity (Wildman–Crippen MR) is 161 cm³/mol. The van der Waals surface area contributed by atoms with E-state index in [-0.39, 0.29) is 13.0 Å². The van der Waals surface area contributed by atoms with Crippen LogP contribution < -0.4 is 16.0 Å². The number of hydrogen-bond acceptors (Lipinski definition) is 14. The van der Waals surface area contributed by atoms with Crippen LogP contribution in [0.1, 0.15) is 54.0 Å². The van der Waals surface area contributed by atoms with Crippen molar-refractivity contribution in [2.45, 2.75) is 97.2 Å². The van der Waals surface area contributed by atoms with E-state index >= 15 is 0 Å². The van der Waals surface area contributed by atoms with E-state index in [1.807, 2.05) is 6.07 Å².